The third-order valence-corrected chi connectivity index (χ3v) is 9.41. The Labute approximate surface area is 341 Å². The molecule has 2 rings (SSSR count). The van der Waals surface area contributed by atoms with Crippen LogP contribution < -0.4 is 26.6 Å². The molecular formula is C40H63N6O6Y-. The van der Waals surface area contributed by atoms with Crippen LogP contribution in [-0.4, -0.2) is 71.0 Å². The van der Waals surface area contributed by atoms with Gasteiger partial charge in [0.2, 0.25) is 29.5 Å². The molecule has 0 aliphatic rings. The Kier molecular flexibility index (Phi) is 23.3. The van der Waals surface area contributed by atoms with Gasteiger partial charge >= 0.3 is 0 Å². The van der Waals surface area contributed by atoms with Crippen LogP contribution in [0, 0.1) is 11.8 Å². The van der Waals surface area contributed by atoms with Crippen molar-refractivity contribution in [3.8, 4) is 0 Å². The molecule has 1 heterocycles. The molecule has 0 saturated heterocycles. The number of para-hydroxylation sites is 1. The van der Waals surface area contributed by atoms with Gasteiger partial charge in [0.05, 0.1) is 0 Å². The summed E-state index contributed by atoms with van der Waals surface area (Å²) in [7, 11) is 0. The molecule has 5 atom stereocenters. The van der Waals surface area contributed by atoms with E-state index in [1.165, 1.54) is 0 Å². The molecule has 0 unspecified atom stereocenters. The van der Waals surface area contributed by atoms with Crippen LogP contribution in [0.5, 0.6) is 0 Å². The Balaban J connectivity index is 0.0000140. The van der Waals surface area contributed by atoms with Crippen molar-refractivity contribution in [3.63, 3.8) is 0 Å². The summed E-state index contributed by atoms with van der Waals surface area (Å²) in [5, 5.41) is 16.1. The zero-order chi connectivity index (χ0) is 38.6. The van der Waals surface area contributed by atoms with Crippen molar-refractivity contribution >= 4 is 46.7 Å². The van der Waals surface area contributed by atoms with Gasteiger partial charge in [-0.25, -0.2) is 0 Å². The van der Waals surface area contributed by atoms with Crippen molar-refractivity contribution < 1.29 is 61.5 Å². The van der Waals surface area contributed by atoms with E-state index in [1.54, 1.807) is 0 Å². The zero-order valence-corrected chi connectivity index (χ0v) is 35.8. The molecule has 1 aromatic carbocycles. The molecule has 6 N–H and O–H groups in total. The first kappa shape index (κ1) is 47.9. The average Bonchev–Trinajstić information content (AvgIpc) is 3.49. The number of hydrogen-bond acceptors (Lipinski definition) is 6. The smallest absolute Gasteiger partial charge is 0.220 e. The maximum absolute atomic E-state index is 13.2. The van der Waals surface area contributed by atoms with E-state index in [-0.39, 0.29) is 136 Å². The van der Waals surface area contributed by atoms with Crippen LogP contribution in [0.2, 0.25) is 0 Å². The fraction of sp³-hybridized carbons (Fsp3) is 0.650. The van der Waals surface area contributed by atoms with Gasteiger partial charge in [-0.3, -0.25) is 30.3 Å². The molecule has 13 heteroatoms. The molecule has 293 valence electrons. The fourth-order valence-electron chi connectivity index (χ4n) is 6.12. The maximum atomic E-state index is 13.2. The van der Waals surface area contributed by atoms with Crippen molar-refractivity contribution in [1.82, 2.24) is 31.6 Å². The van der Waals surface area contributed by atoms with Gasteiger partial charge in [0.1, 0.15) is 0 Å². The van der Waals surface area contributed by atoms with Crippen molar-refractivity contribution in [2.75, 3.05) is 0 Å². The molecule has 0 aliphatic carbocycles. The van der Waals surface area contributed by atoms with Crippen molar-refractivity contribution in [2.24, 2.45) is 11.8 Å². The van der Waals surface area contributed by atoms with Gasteiger partial charge in [-0.1, -0.05) is 52.8 Å². The zero-order valence-electron chi connectivity index (χ0n) is 32.9. The molecule has 0 aliphatic heterocycles. The molecule has 12 nitrogen and oxygen atoms in total. The summed E-state index contributed by atoms with van der Waals surface area (Å²) in [6.07, 6.45) is 8.48. The van der Waals surface area contributed by atoms with E-state index in [0.29, 0.717) is 38.5 Å². The Morgan fingerprint density at radius 2 is 1.13 bits per heavy atom. The number of nitrogens with one attached hydrogen (secondary N) is 6. The summed E-state index contributed by atoms with van der Waals surface area (Å²) < 4.78 is 0. The van der Waals surface area contributed by atoms with Crippen LogP contribution in [0.25, 0.3) is 10.9 Å². The minimum absolute atomic E-state index is 0. The number of rotatable bonds is 25. The monoisotopic (exact) mass is 812 g/mol. The number of hydrogen-bond donors (Lipinski definition) is 6. The Morgan fingerprint density at radius 3 is 1.70 bits per heavy atom. The second-order valence-electron chi connectivity index (χ2n) is 14.9. The predicted octanol–water partition coefficient (Wildman–Crippen LogP) is 4.90. The van der Waals surface area contributed by atoms with E-state index >= 15 is 0 Å². The number of carbonyl (C=O) groups is 5. The number of benzene rings is 1. The first-order valence-corrected chi connectivity index (χ1v) is 19.1. The third-order valence-electron chi connectivity index (χ3n) is 9.41. The molecule has 1 aromatic heterocycles. The van der Waals surface area contributed by atoms with Crippen molar-refractivity contribution in [1.29, 1.82) is 0 Å². The maximum Gasteiger partial charge on any atom is 0.220 e. The van der Waals surface area contributed by atoms with Crippen LogP contribution in [0.3, 0.4) is 0 Å². The van der Waals surface area contributed by atoms with Gasteiger partial charge in [-0.15, -0.1) is 6.42 Å². The van der Waals surface area contributed by atoms with E-state index in [1.807, 2.05) is 85.2 Å². The molecule has 2 aromatic rings. The first-order chi connectivity index (χ1) is 24.7. The molecule has 5 amide bonds. The van der Waals surface area contributed by atoms with Gasteiger partial charge in [-0.2, -0.15) is 0 Å². The third kappa shape index (κ3) is 19.2. The fourth-order valence-corrected chi connectivity index (χ4v) is 6.12. The summed E-state index contributed by atoms with van der Waals surface area (Å²) in [5.41, 5.74) is 2.04. The minimum Gasteiger partial charge on any atom is -0.542 e. The molecule has 0 spiro atoms. The van der Waals surface area contributed by atoms with Crippen LogP contribution in [-0.2, 0) is 67.9 Å². The topological polar surface area (TPSA) is 178 Å². The summed E-state index contributed by atoms with van der Waals surface area (Å²) in [6.45, 7) is 13.6. The normalized spacial score (nSPS) is 14.0. The van der Waals surface area contributed by atoms with Crippen LogP contribution >= 0.6 is 0 Å². The van der Waals surface area contributed by atoms with E-state index in [4.69, 9.17) is 0 Å². The van der Waals surface area contributed by atoms with Crippen LogP contribution in [0.4, 0.5) is 0 Å². The molecule has 0 bridgehead atoms. The van der Waals surface area contributed by atoms with Gasteiger partial charge in [-0.05, 0) is 75.8 Å². The van der Waals surface area contributed by atoms with Gasteiger partial charge < -0.3 is 36.4 Å². The van der Waals surface area contributed by atoms with E-state index < -0.39 is 0 Å². The molecule has 1 radical (unpaired) electrons. The number of aromatic amines is 1. The summed E-state index contributed by atoms with van der Waals surface area (Å²) in [4.78, 5) is 77.4. The van der Waals surface area contributed by atoms with E-state index in [9.17, 15) is 28.8 Å². The largest absolute Gasteiger partial charge is 0.542 e. The Morgan fingerprint density at radius 1 is 0.642 bits per heavy atom. The number of carbonyl (C=O) groups excluding carboxylic acids is 6. The molecule has 0 saturated carbocycles. The number of amides is 5. The molecular weight excluding hydrogens is 749 g/mol. The van der Waals surface area contributed by atoms with Crippen molar-refractivity contribution in [3.05, 3.63) is 36.0 Å². The van der Waals surface area contributed by atoms with E-state index in [0.717, 1.165) is 22.9 Å². The predicted molar refractivity (Wildman–Crippen MR) is 205 cm³/mol. The second-order valence-corrected chi connectivity index (χ2v) is 14.9. The van der Waals surface area contributed by atoms with Gasteiger partial charge in [0.25, 0.3) is 0 Å². The summed E-state index contributed by atoms with van der Waals surface area (Å²) in [5.74, 6) is -0.287. The van der Waals surface area contributed by atoms with E-state index in [2.05, 4.69) is 31.6 Å². The average molecular weight is 813 g/mol. The summed E-state index contributed by atoms with van der Waals surface area (Å²) >= 11 is 0. The Bertz CT molecular complexity index is 1450. The standard InChI is InChI=1S/C40H63N6O6.Y/c1-8-11-36(48)45-33(26(2)3)17-21-38(50)43-28(6)14-18-39(51)44-31(24-30-25-41-35-13-10-9-12-32(30)35)16-20-37(49)42-29(7)15-19-40(52)46-34(22-23-47)27(4)5;/h9-10,12-13,25-29,31,33-34,41H,8,11,14-22,24H2,1-7H3,(H,42,49)(H,43,50)(H,44,51)(H,45,48)(H,46,52);/q-1;/t28-,29-,31+,33+,34+;/m0./s1. The number of H-pyrrole nitrogens is 1. The van der Waals surface area contributed by atoms with Gasteiger partial charge in [0, 0.05) is 112 Å². The van der Waals surface area contributed by atoms with Crippen molar-refractivity contribution in [2.45, 2.75) is 156 Å². The van der Waals surface area contributed by atoms with Crippen LogP contribution in [0.1, 0.15) is 125 Å². The number of fused-ring (bicyclic) bond motifs is 1. The van der Waals surface area contributed by atoms with Crippen LogP contribution in [0.15, 0.2) is 30.5 Å². The summed E-state index contributed by atoms with van der Waals surface area (Å²) in [6, 6.07) is 6.85. The minimum atomic E-state index is -0.304. The Hall–Kier alpha value is -3.12. The SMILES string of the molecule is CCCC(=O)N[C@H](CCC(=O)N[C@@H](C)CCC(=O)N[C@H](CCC(=O)N[C@@H](C)CCC(=O)N[C@H](C[C-]=O)C(C)C)Cc1c[nH]c2ccccc12)C(C)C.[Y]. The molecule has 53 heavy (non-hydrogen) atoms. The number of aromatic nitrogens is 1. The first-order valence-electron chi connectivity index (χ1n) is 19.1. The quantitative estimate of drug-likeness (QED) is 0.0777. The second kappa shape index (κ2) is 25.8. The molecule has 0 fully saturated rings. The van der Waals surface area contributed by atoms with Gasteiger partial charge in [0.15, 0.2) is 0 Å².